The number of nitrogens with two attached hydrogens (primary N) is 1. The first kappa shape index (κ1) is 17.9. The van der Waals surface area contributed by atoms with Crippen molar-refractivity contribution in [2.75, 3.05) is 19.6 Å². The Morgan fingerprint density at radius 1 is 1.00 bits per heavy atom. The lowest BCUT2D eigenvalue weighted by molar-refractivity contribution is 0.197. The minimum Gasteiger partial charge on any atom is -0.330 e. The molecule has 2 N–H and O–H groups in total. The van der Waals surface area contributed by atoms with Gasteiger partial charge >= 0.3 is 0 Å². The summed E-state index contributed by atoms with van der Waals surface area (Å²) < 4.78 is 0. The van der Waals surface area contributed by atoms with Crippen LogP contribution in [-0.4, -0.2) is 30.6 Å². The Balaban J connectivity index is 3.99. The smallest absolute Gasteiger partial charge is 0.00385 e. The lowest BCUT2D eigenvalue weighted by Gasteiger charge is -2.28. The Bertz CT molecular complexity index is 178. The maximum Gasteiger partial charge on any atom is 0.00385 e. The largest absolute Gasteiger partial charge is 0.330 e. The number of nitrogens with zero attached hydrogens (tertiary/aromatic N) is 1. The summed E-state index contributed by atoms with van der Waals surface area (Å²) in [6.07, 6.45) is 6.54. The predicted molar refractivity (Wildman–Crippen MR) is 82.9 cm³/mol. The molecule has 0 radical (unpaired) electrons. The SMILES string of the molecule is CCCCCN(CCC(CN)CC(C)C)C(C)C. The molecule has 0 heterocycles. The summed E-state index contributed by atoms with van der Waals surface area (Å²) in [6, 6.07) is 0.666. The van der Waals surface area contributed by atoms with Crippen LogP contribution in [0.4, 0.5) is 0 Å². The van der Waals surface area contributed by atoms with Gasteiger partial charge in [-0.25, -0.2) is 0 Å². The molecular formula is C16H36N2. The second kappa shape index (κ2) is 10.8. The standard InChI is InChI=1S/C16H36N2/c1-6-7-8-10-18(15(4)5)11-9-16(13-17)12-14(2)3/h14-16H,6-13,17H2,1-5H3. The van der Waals surface area contributed by atoms with Gasteiger partial charge in [-0.1, -0.05) is 33.6 Å². The van der Waals surface area contributed by atoms with Crippen molar-refractivity contribution in [2.45, 2.75) is 72.8 Å². The van der Waals surface area contributed by atoms with Gasteiger partial charge in [0.25, 0.3) is 0 Å². The van der Waals surface area contributed by atoms with E-state index in [1.54, 1.807) is 0 Å². The molecule has 1 unspecified atom stereocenters. The Kier molecular flexibility index (Phi) is 10.8. The minimum absolute atomic E-state index is 0.666. The van der Waals surface area contributed by atoms with Crippen molar-refractivity contribution in [3.8, 4) is 0 Å². The summed E-state index contributed by atoms with van der Waals surface area (Å²) in [5.74, 6) is 1.48. The van der Waals surface area contributed by atoms with Crippen molar-refractivity contribution < 1.29 is 0 Å². The first-order valence-electron chi connectivity index (χ1n) is 7.95. The van der Waals surface area contributed by atoms with Crippen molar-refractivity contribution in [2.24, 2.45) is 17.6 Å². The van der Waals surface area contributed by atoms with Gasteiger partial charge in [-0.3, -0.25) is 0 Å². The monoisotopic (exact) mass is 256 g/mol. The fourth-order valence-electron chi connectivity index (χ4n) is 2.54. The summed E-state index contributed by atoms with van der Waals surface area (Å²) in [4.78, 5) is 2.62. The van der Waals surface area contributed by atoms with Crippen molar-refractivity contribution in [1.82, 2.24) is 4.90 Å². The van der Waals surface area contributed by atoms with E-state index in [0.717, 1.165) is 12.5 Å². The van der Waals surface area contributed by atoms with E-state index in [1.807, 2.05) is 0 Å². The van der Waals surface area contributed by atoms with E-state index < -0.39 is 0 Å². The number of hydrogen-bond donors (Lipinski definition) is 1. The van der Waals surface area contributed by atoms with Crippen molar-refractivity contribution in [1.29, 1.82) is 0 Å². The lowest BCUT2D eigenvalue weighted by atomic mass is 9.94. The zero-order chi connectivity index (χ0) is 14.0. The highest BCUT2D eigenvalue weighted by Crippen LogP contribution is 2.16. The number of hydrogen-bond acceptors (Lipinski definition) is 2. The van der Waals surface area contributed by atoms with Crippen LogP contribution in [0.1, 0.15) is 66.7 Å². The Labute approximate surface area is 115 Å². The van der Waals surface area contributed by atoms with Gasteiger partial charge in [0.15, 0.2) is 0 Å². The van der Waals surface area contributed by atoms with Crippen LogP contribution in [0.2, 0.25) is 0 Å². The van der Waals surface area contributed by atoms with Crippen LogP contribution in [-0.2, 0) is 0 Å². The maximum absolute atomic E-state index is 5.89. The summed E-state index contributed by atoms with van der Waals surface area (Å²) in [7, 11) is 0. The van der Waals surface area contributed by atoms with E-state index in [0.29, 0.717) is 12.0 Å². The van der Waals surface area contributed by atoms with Crippen molar-refractivity contribution >= 4 is 0 Å². The first-order valence-corrected chi connectivity index (χ1v) is 7.95. The van der Waals surface area contributed by atoms with Crippen LogP contribution < -0.4 is 5.73 Å². The molecule has 0 fully saturated rings. The van der Waals surface area contributed by atoms with E-state index in [-0.39, 0.29) is 0 Å². The molecule has 2 heteroatoms. The molecule has 0 saturated carbocycles. The second-order valence-electron chi connectivity index (χ2n) is 6.36. The van der Waals surface area contributed by atoms with Gasteiger partial charge in [-0.2, -0.15) is 0 Å². The molecule has 0 aliphatic rings. The second-order valence-corrected chi connectivity index (χ2v) is 6.36. The molecule has 1 atom stereocenters. The van der Waals surface area contributed by atoms with E-state index in [4.69, 9.17) is 5.73 Å². The highest BCUT2D eigenvalue weighted by atomic mass is 15.1. The van der Waals surface area contributed by atoms with Crippen LogP contribution in [0.25, 0.3) is 0 Å². The third kappa shape index (κ3) is 8.93. The molecule has 2 nitrogen and oxygen atoms in total. The fraction of sp³-hybridized carbons (Fsp3) is 1.00. The minimum atomic E-state index is 0.666. The topological polar surface area (TPSA) is 29.3 Å². The van der Waals surface area contributed by atoms with Gasteiger partial charge in [-0.05, 0) is 64.6 Å². The molecule has 0 aliphatic carbocycles. The average Bonchev–Trinajstić information content (AvgIpc) is 2.30. The molecule has 0 spiro atoms. The molecule has 0 aliphatic heterocycles. The summed E-state index contributed by atoms with van der Waals surface area (Å²) in [5.41, 5.74) is 5.89. The molecule has 0 aromatic carbocycles. The molecular weight excluding hydrogens is 220 g/mol. The molecule has 0 amide bonds. The molecule has 0 rings (SSSR count). The molecule has 0 bridgehead atoms. The summed E-state index contributed by atoms with van der Waals surface area (Å²) in [6.45, 7) is 14.8. The highest BCUT2D eigenvalue weighted by molar-refractivity contribution is 4.68. The van der Waals surface area contributed by atoms with Gasteiger partial charge in [-0.15, -0.1) is 0 Å². The zero-order valence-electron chi connectivity index (χ0n) is 13.4. The quantitative estimate of drug-likeness (QED) is 0.568. The van der Waals surface area contributed by atoms with E-state index in [2.05, 4.69) is 39.5 Å². The van der Waals surface area contributed by atoms with Gasteiger partial charge < -0.3 is 10.6 Å². The fourth-order valence-corrected chi connectivity index (χ4v) is 2.54. The summed E-state index contributed by atoms with van der Waals surface area (Å²) in [5, 5.41) is 0. The normalized spacial score (nSPS) is 13.8. The molecule has 0 aromatic heterocycles. The number of rotatable bonds is 11. The lowest BCUT2D eigenvalue weighted by Crippen LogP contribution is -2.34. The number of unbranched alkanes of at least 4 members (excludes halogenated alkanes) is 2. The Morgan fingerprint density at radius 2 is 1.67 bits per heavy atom. The van der Waals surface area contributed by atoms with E-state index in [9.17, 15) is 0 Å². The van der Waals surface area contributed by atoms with Gasteiger partial charge in [0.2, 0.25) is 0 Å². The van der Waals surface area contributed by atoms with Gasteiger partial charge in [0.05, 0.1) is 0 Å². The van der Waals surface area contributed by atoms with Crippen molar-refractivity contribution in [3.05, 3.63) is 0 Å². The van der Waals surface area contributed by atoms with Crippen LogP contribution in [0.15, 0.2) is 0 Å². The molecule has 0 aromatic rings. The van der Waals surface area contributed by atoms with E-state index in [1.165, 1.54) is 45.2 Å². The van der Waals surface area contributed by atoms with Crippen LogP contribution in [0.3, 0.4) is 0 Å². The van der Waals surface area contributed by atoms with Crippen LogP contribution in [0, 0.1) is 11.8 Å². The van der Waals surface area contributed by atoms with Crippen LogP contribution >= 0.6 is 0 Å². The van der Waals surface area contributed by atoms with E-state index >= 15 is 0 Å². The van der Waals surface area contributed by atoms with Crippen LogP contribution in [0.5, 0.6) is 0 Å². The zero-order valence-corrected chi connectivity index (χ0v) is 13.4. The Morgan fingerprint density at radius 3 is 2.11 bits per heavy atom. The highest BCUT2D eigenvalue weighted by Gasteiger charge is 2.13. The Hall–Kier alpha value is -0.0800. The maximum atomic E-state index is 5.89. The third-order valence-corrected chi connectivity index (χ3v) is 3.74. The first-order chi connectivity index (χ1) is 8.51. The average molecular weight is 256 g/mol. The van der Waals surface area contributed by atoms with Gasteiger partial charge in [0.1, 0.15) is 0 Å². The molecule has 18 heavy (non-hydrogen) atoms. The molecule has 0 saturated heterocycles. The predicted octanol–water partition coefficient (Wildman–Crippen LogP) is 3.90. The molecule has 110 valence electrons. The van der Waals surface area contributed by atoms with Crippen molar-refractivity contribution in [3.63, 3.8) is 0 Å². The third-order valence-electron chi connectivity index (χ3n) is 3.74. The van der Waals surface area contributed by atoms with Gasteiger partial charge in [0, 0.05) is 6.04 Å². The summed E-state index contributed by atoms with van der Waals surface area (Å²) >= 11 is 0.